The minimum Gasteiger partial charge on any atom is -0.466 e. The monoisotopic (exact) mass is 205 g/mol. The zero-order chi connectivity index (χ0) is 11.3. The highest BCUT2D eigenvalue weighted by molar-refractivity contribution is 5.88. The molecule has 1 aromatic rings. The Morgan fingerprint density at radius 2 is 2.27 bits per heavy atom. The van der Waals surface area contributed by atoms with Gasteiger partial charge in [0.25, 0.3) is 0 Å². The van der Waals surface area contributed by atoms with E-state index < -0.39 is 0 Å². The van der Waals surface area contributed by atoms with Gasteiger partial charge in [-0.05, 0) is 35.8 Å². The first-order valence-electron chi connectivity index (χ1n) is 4.81. The van der Waals surface area contributed by atoms with Gasteiger partial charge in [0.2, 0.25) is 0 Å². The predicted octanol–water partition coefficient (Wildman–Crippen LogP) is 2.02. The number of hydrogen-bond donors (Lipinski definition) is 1. The Morgan fingerprint density at radius 3 is 2.87 bits per heavy atom. The average molecular weight is 205 g/mol. The Morgan fingerprint density at radius 1 is 1.53 bits per heavy atom. The van der Waals surface area contributed by atoms with E-state index in [1.165, 1.54) is 18.7 Å². The van der Waals surface area contributed by atoms with Crippen molar-refractivity contribution >= 4 is 17.7 Å². The second kappa shape index (κ2) is 5.20. The van der Waals surface area contributed by atoms with Gasteiger partial charge >= 0.3 is 5.97 Å². The van der Waals surface area contributed by atoms with Crippen LogP contribution in [0.2, 0.25) is 0 Å². The van der Waals surface area contributed by atoms with Crippen LogP contribution in [0.25, 0.3) is 6.08 Å². The smallest absolute Gasteiger partial charge is 0.330 e. The summed E-state index contributed by atoms with van der Waals surface area (Å²) in [6, 6.07) is 5.79. The molecular formula is C12H15NO2. The van der Waals surface area contributed by atoms with Gasteiger partial charge in [-0.25, -0.2) is 4.79 Å². The number of esters is 1. The lowest BCUT2D eigenvalue weighted by atomic mass is 10.1. The van der Waals surface area contributed by atoms with Gasteiger partial charge in [-0.2, -0.15) is 0 Å². The fourth-order valence-corrected chi connectivity index (χ4v) is 1.21. The first-order chi connectivity index (χ1) is 7.17. The van der Waals surface area contributed by atoms with Gasteiger partial charge in [-0.3, -0.25) is 0 Å². The summed E-state index contributed by atoms with van der Waals surface area (Å²) in [5, 5.41) is 0. The van der Waals surface area contributed by atoms with Crippen LogP contribution in [0, 0.1) is 0 Å². The third-order valence-electron chi connectivity index (χ3n) is 2.16. The van der Waals surface area contributed by atoms with Gasteiger partial charge in [0.15, 0.2) is 0 Å². The molecule has 1 aromatic carbocycles. The van der Waals surface area contributed by atoms with E-state index in [1.807, 2.05) is 18.2 Å². The summed E-state index contributed by atoms with van der Waals surface area (Å²) in [6.45, 7) is 2.07. The molecule has 0 aliphatic heterocycles. The fraction of sp³-hybridized carbons (Fsp3) is 0.250. The van der Waals surface area contributed by atoms with E-state index in [0.717, 1.165) is 12.0 Å². The Hall–Kier alpha value is -1.77. The van der Waals surface area contributed by atoms with E-state index in [4.69, 9.17) is 5.73 Å². The third kappa shape index (κ3) is 3.13. The van der Waals surface area contributed by atoms with Gasteiger partial charge in [0.1, 0.15) is 0 Å². The molecule has 0 spiro atoms. The van der Waals surface area contributed by atoms with Crippen LogP contribution in [0.15, 0.2) is 24.3 Å². The molecule has 80 valence electrons. The maximum absolute atomic E-state index is 10.9. The maximum atomic E-state index is 10.9. The molecule has 0 aliphatic carbocycles. The van der Waals surface area contributed by atoms with Crippen LogP contribution in [0.3, 0.4) is 0 Å². The van der Waals surface area contributed by atoms with Crippen LogP contribution in [0.4, 0.5) is 5.69 Å². The number of aryl methyl sites for hydroxylation is 1. The molecule has 0 saturated heterocycles. The zero-order valence-electron chi connectivity index (χ0n) is 8.99. The molecule has 0 amide bonds. The average Bonchev–Trinajstić information content (AvgIpc) is 2.27. The number of ether oxygens (including phenoxy) is 1. The molecule has 3 heteroatoms. The summed E-state index contributed by atoms with van der Waals surface area (Å²) in [4.78, 5) is 10.9. The summed E-state index contributed by atoms with van der Waals surface area (Å²) in [5.74, 6) is -0.378. The van der Waals surface area contributed by atoms with E-state index >= 15 is 0 Å². The van der Waals surface area contributed by atoms with Crippen LogP contribution >= 0.6 is 0 Å². The second-order valence-corrected chi connectivity index (χ2v) is 3.17. The number of carbonyl (C=O) groups excluding carboxylic acids is 1. The number of methoxy groups -OCH3 is 1. The predicted molar refractivity (Wildman–Crippen MR) is 61.3 cm³/mol. The van der Waals surface area contributed by atoms with Crippen LogP contribution < -0.4 is 5.73 Å². The number of rotatable bonds is 3. The SMILES string of the molecule is CCc1ccc(N)c(/C=C/C(=O)OC)c1. The molecule has 0 radical (unpaired) electrons. The highest BCUT2D eigenvalue weighted by Gasteiger charge is 1.98. The van der Waals surface area contributed by atoms with Gasteiger partial charge in [-0.15, -0.1) is 0 Å². The first-order valence-corrected chi connectivity index (χ1v) is 4.81. The van der Waals surface area contributed by atoms with Gasteiger partial charge in [-0.1, -0.05) is 13.0 Å². The molecule has 3 nitrogen and oxygen atoms in total. The first kappa shape index (κ1) is 11.3. The van der Waals surface area contributed by atoms with E-state index in [2.05, 4.69) is 11.7 Å². The summed E-state index contributed by atoms with van der Waals surface area (Å²) in [7, 11) is 1.35. The number of nitrogens with two attached hydrogens (primary N) is 1. The summed E-state index contributed by atoms with van der Waals surface area (Å²) < 4.78 is 4.50. The van der Waals surface area contributed by atoms with Crippen molar-refractivity contribution in [3.8, 4) is 0 Å². The highest BCUT2D eigenvalue weighted by Crippen LogP contribution is 2.16. The Labute approximate surface area is 89.5 Å². The molecule has 2 N–H and O–H groups in total. The molecule has 1 rings (SSSR count). The van der Waals surface area contributed by atoms with E-state index in [0.29, 0.717) is 5.69 Å². The fourth-order valence-electron chi connectivity index (χ4n) is 1.21. The van der Waals surface area contributed by atoms with Crippen molar-refractivity contribution in [1.82, 2.24) is 0 Å². The molecule has 0 heterocycles. The normalized spacial score (nSPS) is 10.5. The molecule has 15 heavy (non-hydrogen) atoms. The molecule has 0 saturated carbocycles. The lowest BCUT2D eigenvalue weighted by Gasteiger charge is -2.03. The number of anilines is 1. The van der Waals surface area contributed by atoms with Crippen molar-refractivity contribution in [2.24, 2.45) is 0 Å². The molecular weight excluding hydrogens is 190 g/mol. The van der Waals surface area contributed by atoms with Crippen LogP contribution in [0.5, 0.6) is 0 Å². The maximum Gasteiger partial charge on any atom is 0.330 e. The van der Waals surface area contributed by atoms with Crippen molar-refractivity contribution < 1.29 is 9.53 Å². The highest BCUT2D eigenvalue weighted by atomic mass is 16.5. The molecule has 0 bridgehead atoms. The number of carbonyl (C=O) groups is 1. The summed E-state index contributed by atoms with van der Waals surface area (Å²) >= 11 is 0. The Bertz CT molecular complexity index is 383. The van der Waals surface area contributed by atoms with Crippen molar-refractivity contribution in [1.29, 1.82) is 0 Å². The van der Waals surface area contributed by atoms with Gasteiger partial charge in [0.05, 0.1) is 7.11 Å². The second-order valence-electron chi connectivity index (χ2n) is 3.17. The number of nitrogen functional groups attached to an aromatic ring is 1. The lowest BCUT2D eigenvalue weighted by molar-refractivity contribution is -0.134. The van der Waals surface area contributed by atoms with E-state index in [1.54, 1.807) is 6.08 Å². The standard InChI is InChI=1S/C12H15NO2/c1-3-9-4-6-11(13)10(8-9)5-7-12(14)15-2/h4-8H,3,13H2,1-2H3/b7-5+. The van der Waals surface area contributed by atoms with E-state index in [-0.39, 0.29) is 5.97 Å². The van der Waals surface area contributed by atoms with Gasteiger partial charge < -0.3 is 10.5 Å². The summed E-state index contributed by atoms with van der Waals surface area (Å²) in [5.41, 5.74) is 8.46. The number of hydrogen-bond acceptors (Lipinski definition) is 3. The third-order valence-corrected chi connectivity index (χ3v) is 2.16. The van der Waals surface area contributed by atoms with Crippen LogP contribution in [-0.4, -0.2) is 13.1 Å². The zero-order valence-corrected chi connectivity index (χ0v) is 8.99. The van der Waals surface area contributed by atoms with E-state index in [9.17, 15) is 4.79 Å². The molecule has 0 unspecified atom stereocenters. The van der Waals surface area contributed by atoms with Crippen LogP contribution in [0.1, 0.15) is 18.1 Å². The lowest BCUT2D eigenvalue weighted by Crippen LogP contribution is -1.95. The molecule has 0 atom stereocenters. The van der Waals surface area contributed by atoms with Crippen molar-refractivity contribution in [3.05, 3.63) is 35.4 Å². The van der Waals surface area contributed by atoms with Crippen molar-refractivity contribution in [2.45, 2.75) is 13.3 Å². The van der Waals surface area contributed by atoms with Gasteiger partial charge in [0, 0.05) is 11.8 Å². The quantitative estimate of drug-likeness (QED) is 0.466. The molecule has 0 aliphatic rings. The molecule has 0 fully saturated rings. The minimum absolute atomic E-state index is 0.378. The Kier molecular flexibility index (Phi) is 3.92. The van der Waals surface area contributed by atoms with Crippen molar-refractivity contribution in [3.63, 3.8) is 0 Å². The Balaban J connectivity index is 2.93. The summed E-state index contributed by atoms with van der Waals surface area (Å²) in [6.07, 6.45) is 3.98. The molecule has 0 aromatic heterocycles. The number of benzene rings is 1. The van der Waals surface area contributed by atoms with Crippen molar-refractivity contribution in [2.75, 3.05) is 12.8 Å². The van der Waals surface area contributed by atoms with Crippen LogP contribution in [-0.2, 0) is 16.0 Å². The minimum atomic E-state index is -0.378. The topological polar surface area (TPSA) is 52.3 Å². The largest absolute Gasteiger partial charge is 0.466 e.